The van der Waals surface area contributed by atoms with Crippen LogP contribution in [0.25, 0.3) is 0 Å². The lowest BCUT2D eigenvalue weighted by molar-refractivity contribution is -0.143. The van der Waals surface area contributed by atoms with Crippen LogP contribution in [0.15, 0.2) is 35.7 Å². The van der Waals surface area contributed by atoms with E-state index in [0.717, 1.165) is 7.11 Å². The number of nitrogens with one attached hydrogen (secondary N) is 2. The van der Waals surface area contributed by atoms with Gasteiger partial charge in [-0.3, -0.25) is 14.4 Å². The number of hydrogen-bond acceptors (Lipinski definition) is 7. The number of esters is 1. The Kier molecular flexibility index (Phi) is 6.32. The fourth-order valence-corrected chi connectivity index (χ4v) is 1.30. The van der Waals surface area contributed by atoms with Crippen LogP contribution < -0.4 is 10.6 Å². The maximum atomic E-state index is 11.8. The van der Waals surface area contributed by atoms with Gasteiger partial charge in [0, 0.05) is 5.56 Å². The Bertz CT molecular complexity index is 519. The van der Waals surface area contributed by atoms with Gasteiger partial charge in [-0.25, -0.2) is 0 Å². The lowest BCUT2D eigenvalue weighted by atomic mass is 10.2. The first-order valence-corrected chi connectivity index (χ1v) is 5.77. The van der Waals surface area contributed by atoms with Crippen LogP contribution in [-0.2, 0) is 19.2 Å². The zero-order chi connectivity index (χ0) is 15.7. The molecule has 2 N–H and O–H groups in total. The van der Waals surface area contributed by atoms with Gasteiger partial charge in [-0.1, -0.05) is 18.2 Å². The van der Waals surface area contributed by atoms with Crippen LogP contribution in [0, 0.1) is 4.91 Å². The molecule has 112 valence electrons. The minimum Gasteiger partial charge on any atom is -0.468 e. The molecule has 0 radical (unpaired) electrons. The first-order chi connectivity index (χ1) is 10.1. The molecule has 0 heterocycles. The van der Waals surface area contributed by atoms with Gasteiger partial charge in [-0.15, -0.1) is 4.91 Å². The van der Waals surface area contributed by atoms with Crippen molar-refractivity contribution in [1.29, 1.82) is 0 Å². The summed E-state index contributed by atoms with van der Waals surface area (Å²) in [5, 5.41) is 6.39. The molecule has 0 aliphatic heterocycles. The second kappa shape index (κ2) is 8.25. The molecule has 0 fully saturated rings. The molecule has 1 aromatic carbocycles. The van der Waals surface area contributed by atoms with E-state index in [0.29, 0.717) is 0 Å². The molecule has 0 aliphatic rings. The molecule has 2 amide bonds. The topological polar surface area (TPSA) is 123 Å². The predicted octanol–water partition coefficient (Wildman–Crippen LogP) is -0.270. The molecule has 0 spiro atoms. The van der Waals surface area contributed by atoms with Crippen molar-refractivity contribution in [2.75, 3.05) is 13.7 Å². The van der Waals surface area contributed by atoms with Crippen molar-refractivity contribution in [2.45, 2.75) is 6.23 Å². The third-order valence-corrected chi connectivity index (χ3v) is 2.32. The van der Waals surface area contributed by atoms with Gasteiger partial charge in [-0.2, -0.15) is 0 Å². The summed E-state index contributed by atoms with van der Waals surface area (Å²) in [7, 11) is 1.15. The standard InChI is InChI=1S/C12H13N3O6/c1-20-9(16)7-13-11(18)12(21-15-19)14-10(17)8-5-3-2-4-6-8/h2-6,12H,7H2,1H3,(H,13,18)(H,14,17)/t12-/m0/s1. The van der Waals surface area contributed by atoms with Gasteiger partial charge in [0.2, 0.25) is 0 Å². The summed E-state index contributed by atoms with van der Waals surface area (Å²) < 4.78 is 4.32. The van der Waals surface area contributed by atoms with E-state index in [-0.39, 0.29) is 5.56 Å². The van der Waals surface area contributed by atoms with Crippen LogP contribution in [0.2, 0.25) is 0 Å². The van der Waals surface area contributed by atoms with Crippen molar-refractivity contribution in [3.8, 4) is 0 Å². The zero-order valence-electron chi connectivity index (χ0n) is 11.1. The molecule has 0 saturated carbocycles. The number of carbonyl (C=O) groups is 3. The number of amides is 2. The van der Waals surface area contributed by atoms with Crippen LogP contribution >= 0.6 is 0 Å². The number of benzene rings is 1. The molecule has 9 nitrogen and oxygen atoms in total. The second-order valence-electron chi connectivity index (χ2n) is 3.69. The summed E-state index contributed by atoms with van der Waals surface area (Å²) in [6.45, 7) is -0.435. The van der Waals surface area contributed by atoms with Gasteiger partial charge in [0.15, 0.2) is 5.34 Å². The lowest BCUT2D eigenvalue weighted by Gasteiger charge is -2.14. The van der Waals surface area contributed by atoms with Gasteiger partial charge >= 0.3 is 5.97 Å². The third kappa shape index (κ3) is 5.27. The minimum absolute atomic E-state index is 0.262. The van der Waals surface area contributed by atoms with E-state index in [1.165, 1.54) is 12.1 Å². The summed E-state index contributed by atoms with van der Waals surface area (Å²) in [6.07, 6.45) is -1.65. The Labute approximate surface area is 119 Å². The fourth-order valence-electron chi connectivity index (χ4n) is 1.30. The van der Waals surface area contributed by atoms with Crippen molar-refractivity contribution in [2.24, 2.45) is 5.34 Å². The normalized spacial score (nSPS) is 10.9. The van der Waals surface area contributed by atoms with Crippen LogP contribution in [0.5, 0.6) is 0 Å². The van der Waals surface area contributed by atoms with Crippen LogP contribution in [0.4, 0.5) is 0 Å². The predicted molar refractivity (Wildman–Crippen MR) is 69.6 cm³/mol. The quantitative estimate of drug-likeness (QED) is 0.309. The molecular formula is C12H13N3O6. The third-order valence-electron chi connectivity index (χ3n) is 2.32. The maximum absolute atomic E-state index is 11.8. The number of nitrogens with zero attached hydrogens (tertiary/aromatic N) is 1. The largest absolute Gasteiger partial charge is 0.468 e. The van der Waals surface area contributed by atoms with Crippen molar-refractivity contribution in [1.82, 2.24) is 10.6 Å². The van der Waals surface area contributed by atoms with E-state index in [9.17, 15) is 19.3 Å². The highest BCUT2D eigenvalue weighted by Crippen LogP contribution is 2.00. The first kappa shape index (κ1) is 16.1. The summed E-state index contributed by atoms with van der Waals surface area (Å²) >= 11 is 0. The molecule has 1 aromatic rings. The molecule has 0 aromatic heterocycles. The van der Waals surface area contributed by atoms with Gasteiger partial charge < -0.3 is 20.2 Å². The maximum Gasteiger partial charge on any atom is 0.325 e. The van der Waals surface area contributed by atoms with Crippen LogP contribution in [-0.4, -0.2) is 37.7 Å². The highest BCUT2D eigenvalue weighted by Gasteiger charge is 2.24. The van der Waals surface area contributed by atoms with E-state index in [1.807, 2.05) is 0 Å². The summed E-state index contributed by atoms with van der Waals surface area (Å²) in [5.41, 5.74) is 0.262. The number of carbonyl (C=O) groups excluding carboxylic acids is 3. The number of methoxy groups -OCH3 is 1. The first-order valence-electron chi connectivity index (χ1n) is 5.77. The van der Waals surface area contributed by atoms with Gasteiger partial charge in [0.05, 0.1) is 7.11 Å². The molecule has 1 atom stereocenters. The molecular weight excluding hydrogens is 282 g/mol. The Morgan fingerprint density at radius 2 is 1.90 bits per heavy atom. The van der Waals surface area contributed by atoms with E-state index in [2.05, 4.69) is 25.5 Å². The number of ether oxygens (including phenoxy) is 1. The highest BCUT2D eigenvalue weighted by molar-refractivity contribution is 5.97. The van der Waals surface area contributed by atoms with E-state index < -0.39 is 30.6 Å². The Morgan fingerprint density at radius 3 is 2.48 bits per heavy atom. The van der Waals surface area contributed by atoms with Crippen LogP contribution in [0.3, 0.4) is 0 Å². The van der Waals surface area contributed by atoms with Gasteiger partial charge in [-0.05, 0) is 12.1 Å². The van der Waals surface area contributed by atoms with Crippen molar-refractivity contribution >= 4 is 17.8 Å². The van der Waals surface area contributed by atoms with Gasteiger partial charge in [0.1, 0.15) is 6.54 Å². The van der Waals surface area contributed by atoms with Gasteiger partial charge in [0.25, 0.3) is 18.0 Å². The zero-order valence-corrected chi connectivity index (χ0v) is 11.1. The molecule has 9 heteroatoms. The van der Waals surface area contributed by atoms with Crippen molar-refractivity contribution < 1.29 is 24.0 Å². The summed E-state index contributed by atoms with van der Waals surface area (Å²) in [5.74, 6) is -2.25. The molecule has 0 unspecified atom stereocenters. The van der Waals surface area contributed by atoms with Crippen LogP contribution in [0.1, 0.15) is 10.4 Å². The second-order valence-corrected chi connectivity index (χ2v) is 3.69. The minimum atomic E-state index is -1.65. The number of rotatable bonds is 7. The smallest absolute Gasteiger partial charge is 0.325 e. The number of hydrogen-bond donors (Lipinski definition) is 2. The van der Waals surface area contributed by atoms with Crippen molar-refractivity contribution in [3.05, 3.63) is 40.8 Å². The molecule has 0 saturated heterocycles. The van der Waals surface area contributed by atoms with E-state index >= 15 is 0 Å². The lowest BCUT2D eigenvalue weighted by Crippen LogP contribution is -2.48. The highest BCUT2D eigenvalue weighted by atomic mass is 16.7. The Balaban J connectivity index is 2.64. The van der Waals surface area contributed by atoms with E-state index in [1.54, 1.807) is 18.2 Å². The summed E-state index contributed by atoms with van der Waals surface area (Å²) in [4.78, 5) is 48.7. The molecule has 1 rings (SSSR count). The molecule has 21 heavy (non-hydrogen) atoms. The average molecular weight is 295 g/mol. The molecule has 0 bridgehead atoms. The monoisotopic (exact) mass is 295 g/mol. The summed E-state index contributed by atoms with van der Waals surface area (Å²) in [6, 6.07) is 7.97. The average Bonchev–Trinajstić information content (AvgIpc) is 2.52. The van der Waals surface area contributed by atoms with Crippen molar-refractivity contribution in [3.63, 3.8) is 0 Å². The fraction of sp³-hybridized carbons (Fsp3) is 0.250. The Hall–Kier alpha value is -2.97. The van der Waals surface area contributed by atoms with E-state index in [4.69, 9.17) is 0 Å². The Morgan fingerprint density at radius 1 is 1.24 bits per heavy atom. The SMILES string of the molecule is COC(=O)CNC(=O)[C@@H](NC(=O)c1ccccc1)ON=O. The molecule has 0 aliphatic carbocycles.